The van der Waals surface area contributed by atoms with Crippen molar-refractivity contribution in [1.82, 2.24) is 19.7 Å². The van der Waals surface area contributed by atoms with Crippen LogP contribution < -0.4 is 10.9 Å². The van der Waals surface area contributed by atoms with Crippen LogP contribution in [-0.4, -0.2) is 46.0 Å². The first kappa shape index (κ1) is 21.7. The molecule has 2 fully saturated rings. The van der Waals surface area contributed by atoms with Gasteiger partial charge in [-0.25, -0.2) is 0 Å². The fraction of sp³-hybridized carbons (Fsp3) is 0.480. The predicted octanol–water partition coefficient (Wildman–Crippen LogP) is 4.04. The average Bonchev–Trinajstić information content (AvgIpc) is 3.50. The molecule has 2 aliphatic heterocycles. The van der Waals surface area contributed by atoms with Crippen LogP contribution in [0.2, 0.25) is 0 Å². The van der Waals surface area contributed by atoms with E-state index in [1.165, 1.54) is 18.4 Å². The molecular weight excluding hydrogens is 416 g/mol. The highest BCUT2D eigenvalue weighted by atomic mass is 16.5. The van der Waals surface area contributed by atoms with Crippen LogP contribution >= 0.6 is 0 Å². The Morgan fingerprint density at radius 3 is 2.73 bits per heavy atom. The van der Waals surface area contributed by atoms with Gasteiger partial charge in [-0.15, -0.1) is 0 Å². The number of ether oxygens (including phenoxy) is 1. The van der Waals surface area contributed by atoms with Crippen LogP contribution in [0.4, 0.5) is 11.5 Å². The fourth-order valence-electron chi connectivity index (χ4n) is 5.21. The number of nitrogens with zero attached hydrogens (tertiary/aromatic N) is 4. The maximum atomic E-state index is 12.8. The van der Waals surface area contributed by atoms with E-state index in [4.69, 9.17) is 9.84 Å². The van der Waals surface area contributed by atoms with E-state index in [1.54, 1.807) is 6.20 Å². The van der Waals surface area contributed by atoms with Crippen LogP contribution in [0.15, 0.2) is 41.3 Å². The SMILES string of the molecule is C[C@@H](c1ccc(Nc2nn([C@]3(CC#N)CCCOC3)c3cc[nH]c(=O)c23)cc1)N1CCCC1. The number of anilines is 2. The molecule has 0 saturated carbocycles. The molecule has 0 spiro atoms. The van der Waals surface area contributed by atoms with Gasteiger partial charge in [-0.3, -0.25) is 14.4 Å². The van der Waals surface area contributed by atoms with Gasteiger partial charge in [-0.1, -0.05) is 12.1 Å². The van der Waals surface area contributed by atoms with Crippen LogP contribution in [-0.2, 0) is 10.3 Å². The largest absolute Gasteiger partial charge is 0.379 e. The van der Waals surface area contributed by atoms with E-state index < -0.39 is 5.54 Å². The highest BCUT2D eigenvalue weighted by Gasteiger charge is 2.38. The normalized spacial score (nSPS) is 22.3. The Balaban J connectivity index is 1.49. The minimum Gasteiger partial charge on any atom is -0.379 e. The number of nitriles is 1. The van der Waals surface area contributed by atoms with Crippen molar-refractivity contribution in [2.24, 2.45) is 0 Å². The number of fused-ring (bicyclic) bond motifs is 1. The zero-order valence-electron chi connectivity index (χ0n) is 19.0. The van der Waals surface area contributed by atoms with Gasteiger partial charge >= 0.3 is 0 Å². The summed E-state index contributed by atoms with van der Waals surface area (Å²) in [5.74, 6) is 0.495. The molecule has 2 aromatic heterocycles. The van der Waals surface area contributed by atoms with Gasteiger partial charge < -0.3 is 15.0 Å². The molecule has 0 radical (unpaired) electrons. The number of nitrogens with one attached hydrogen (secondary N) is 2. The molecule has 3 aromatic rings. The molecule has 2 saturated heterocycles. The number of aromatic nitrogens is 3. The molecule has 0 bridgehead atoms. The molecule has 8 nitrogen and oxygen atoms in total. The number of hydrogen-bond acceptors (Lipinski definition) is 6. The van der Waals surface area contributed by atoms with Crippen molar-refractivity contribution >= 4 is 22.4 Å². The van der Waals surface area contributed by atoms with Gasteiger partial charge in [-0.05, 0) is 69.5 Å². The monoisotopic (exact) mass is 446 g/mol. The number of rotatable bonds is 6. The first-order valence-electron chi connectivity index (χ1n) is 11.8. The number of pyridine rings is 1. The Kier molecular flexibility index (Phi) is 5.92. The molecule has 0 amide bonds. The van der Waals surface area contributed by atoms with Crippen LogP contribution in [0, 0.1) is 11.3 Å². The number of benzene rings is 1. The molecule has 2 atom stereocenters. The van der Waals surface area contributed by atoms with Gasteiger partial charge in [0, 0.05) is 24.5 Å². The number of likely N-dealkylation sites (tertiary alicyclic amines) is 1. The zero-order chi connectivity index (χ0) is 22.8. The summed E-state index contributed by atoms with van der Waals surface area (Å²) in [6.45, 7) is 5.65. The molecule has 1 aromatic carbocycles. The van der Waals surface area contributed by atoms with Crippen LogP contribution in [0.1, 0.15) is 50.6 Å². The molecule has 4 heterocycles. The Labute approximate surface area is 193 Å². The van der Waals surface area contributed by atoms with Crippen molar-refractivity contribution in [3.8, 4) is 6.07 Å². The van der Waals surface area contributed by atoms with Crippen molar-refractivity contribution in [3.05, 3.63) is 52.4 Å². The van der Waals surface area contributed by atoms with E-state index in [0.29, 0.717) is 36.0 Å². The summed E-state index contributed by atoms with van der Waals surface area (Å²) in [5.41, 5.74) is 2.08. The molecule has 0 unspecified atom stereocenters. The van der Waals surface area contributed by atoms with E-state index in [9.17, 15) is 10.1 Å². The molecule has 172 valence electrons. The maximum absolute atomic E-state index is 12.8. The van der Waals surface area contributed by atoms with E-state index >= 15 is 0 Å². The quantitative estimate of drug-likeness (QED) is 0.593. The second-order valence-electron chi connectivity index (χ2n) is 9.21. The lowest BCUT2D eigenvalue weighted by Crippen LogP contribution is -2.42. The summed E-state index contributed by atoms with van der Waals surface area (Å²) < 4.78 is 7.59. The highest BCUT2D eigenvalue weighted by molar-refractivity contribution is 5.91. The summed E-state index contributed by atoms with van der Waals surface area (Å²) in [6, 6.07) is 12.9. The topological polar surface area (TPSA) is 99.0 Å². The van der Waals surface area contributed by atoms with Crippen molar-refractivity contribution < 1.29 is 4.74 Å². The molecule has 0 aliphatic carbocycles. The first-order valence-corrected chi connectivity index (χ1v) is 11.8. The summed E-state index contributed by atoms with van der Waals surface area (Å²) in [7, 11) is 0. The summed E-state index contributed by atoms with van der Waals surface area (Å²) in [5, 5.41) is 18.2. The maximum Gasteiger partial charge on any atom is 0.261 e. The number of H-pyrrole nitrogens is 1. The lowest BCUT2D eigenvalue weighted by Gasteiger charge is -2.35. The third-order valence-corrected chi connectivity index (χ3v) is 7.11. The molecule has 2 aliphatic rings. The van der Waals surface area contributed by atoms with E-state index in [0.717, 1.165) is 31.6 Å². The summed E-state index contributed by atoms with van der Waals surface area (Å²) >= 11 is 0. The highest BCUT2D eigenvalue weighted by Crippen LogP contribution is 2.35. The van der Waals surface area contributed by atoms with Crippen LogP contribution in [0.25, 0.3) is 10.9 Å². The van der Waals surface area contributed by atoms with E-state index in [1.807, 2.05) is 22.9 Å². The molecule has 5 rings (SSSR count). The van der Waals surface area contributed by atoms with Gasteiger partial charge in [-0.2, -0.15) is 10.4 Å². The number of hydrogen-bond donors (Lipinski definition) is 2. The molecule has 8 heteroatoms. The Morgan fingerprint density at radius 1 is 1.24 bits per heavy atom. The van der Waals surface area contributed by atoms with Gasteiger partial charge in [0.1, 0.15) is 5.39 Å². The minimum absolute atomic E-state index is 0.204. The first-order chi connectivity index (χ1) is 16.1. The van der Waals surface area contributed by atoms with Gasteiger partial charge in [0.15, 0.2) is 5.82 Å². The predicted molar refractivity (Wildman–Crippen MR) is 128 cm³/mol. The fourth-order valence-corrected chi connectivity index (χ4v) is 5.21. The number of aromatic amines is 1. The van der Waals surface area contributed by atoms with Crippen molar-refractivity contribution in [1.29, 1.82) is 5.26 Å². The third kappa shape index (κ3) is 4.03. The van der Waals surface area contributed by atoms with Crippen molar-refractivity contribution in [3.63, 3.8) is 0 Å². The smallest absolute Gasteiger partial charge is 0.261 e. The third-order valence-electron chi connectivity index (χ3n) is 7.11. The molecular formula is C25H30N6O2. The Hall–Kier alpha value is -3.15. The van der Waals surface area contributed by atoms with Crippen LogP contribution in [0.3, 0.4) is 0 Å². The lowest BCUT2D eigenvalue weighted by molar-refractivity contribution is -0.00174. The molecule has 2 N–H and O–H groups in total. The van der Waals surface area contributed by atoms with Gasteiger partial charge in [0.2, 0.25) is 0 Å². The standard InChI is InChI=1S/C25H30N6O2/c1-18(30-14-2-3-15-30)19-5-7-20(8-6-19)28-23-22-21(9-13-27-24(22)32)31(29-23)25(11-12-26)10-4-16-33-17-25/h5-9,13,18H,2-4,10-11,14-17H2,1H3,(H,27,32)(H,28,29)/t18-,25-/m0/s1. The Bertz CT molecular complexity index is 1210. The Morgan fingerprint density at radius 2 is 2.03 bits per heavy atom. The van der Waals surface area contributed by atoms with E-state index in [2.05, 4.69) is 40.3 Å². The van der Waals surface area contributed by atoms with E-state index in [-0.39, 0.29) is 12.0 Å². The van der Waals surface area contributed by atoms with Crippen molar-refractivity contribution in [2.75, 3.05) is 31.6 Å². The lowest BCUT2D eigenvalue weighted by atomic mass is 9.89. The zero-order valence-corrected chi connectivity index (χ0v) is 19.0. The second kappa shape index (κ2) is 9.00. The second-order valence-corrected chi connectivity index (χ2v) is 9.21. The molecule has 33 heavy (non-hydrogen) atoms. The van der Waals surface area contributed by atoms with Crippen molar-refractivity contribution in [2.45, 2.75) is 50.6 Å². The van der Waals surface area contributed by atoms with Crippen LogP contribution in [0.5, 0.6) is 0 Å². The summed E-state index contributed by atoms with van der Waals surface area (Å²) in [4.78, 5) is 18.1. The average molecular weight is 447 g/mol. The van der Waals surface area contributed by atoms with Gasteiger partial charge in [0.25, 0.3) is 5.56 Å². The minimum atomic E-state index is -0.575. The van der Waals surface area contributed by atoms with Gasteiger partial charge in [0.05, 0.1) is 30.2 Å². The summed E-state index contributed by atoms with van der Waals surface area (Å²) in [6.07, 6.45) is 6.08.